The zero-order chi connectivity index (χ0) is 18.3. The van der Waals surface area contributed by atoms with Gasteiger partial charge in [-0.3, -0.25) is 9.35 Å². The normalized spacial score (nSPS) is 17.4. The zero-order valence-corrected chi connectivity index (χ0v) is 19.1. The topological polar surface area (TPSA) is 97.5 Å². The molecule has 1 aliphatic carbocycles. The van der Waals surface area contributed by atoms with E-state index in [0.717, 1.165) is 12.8 Å². The van der Waals surface area contributed by atoms with E-state index in [9.17, 15) is 13.2 Å². The third-order valence-corrected chi connectivity index (χ3v) is 5.21. The van der Waals surface area contributed by atoms with Crippen LogP contribution in [0.5, 0.6) is 0 Å². The van der Waals surface area contributed by atoms with Gasteiger partial charge in [0.25, 0.3) is 10.1 Å². The molecule has 0 aromatic rings. The van der Waals surface area contributed by atoms with Crippen molar-refractivity contribution in [2.24, 2.45) is 11.7 Å². The van der Waals surface area contributed by atoms with Crippen LogP contribution in [0.3, 0.4) is 0 Å². The van der Waals surface area contributed by atoms with Crippen molar-refractivity contribution < 1.29 is 20.6 Å². The minimum Gasteiger partial charge on any atom is -1.00 e. The van der Waals surface area contributed by atoms with E-state index < -0.39 is 10.1 Å². The summed E-state index contributed by atoms with van der Waals surface area (Å²) in [7, 11) is -3.80. The molecule has 0 spiro atoms. The average molecular weight is 406 g/mol. The molecule has 0 aromatic heterocycles. The Hall–Kier alpha value is 0.800. The van der Waals surface area contributed by atoms with Gasteiger partial charge in [0.1, 0.15) is 5.78 Å². The van der Waals surface area contributed by atoms with Crippen LogP contribution in [0, 0.1) is 5.92 Å². The van der Waals surface area contributed by atoms with Crippen LogP contribution < -0.4 is 5.73 Å². The molecular formula is C18H39CaNO4S. The molecule has 0 radical (unpaired) electrons. The van der Waals surface area contributed by atoms with E-state index in [1.807, 2.05) is 0 Å². The van der Waals surface area contributed by atoms with Crippen LogP contribution in [0.1, 0.15) is 93.2 Å². The van der Waals surface area contributed by atoms with Gasteiger partial charge in [0, 0.05) is 18.9 Å². The maximum absolute atomic E-state index is 11.6. The van der Waals surface area contributed by atoms with Crippen LogP contribution in [0.25, 0.3) is 0 Å². The molecule has 25 heavy (non-hydrogen) atoms. The molecule has 1 atom stereocenters. The summed E-state index contributed by atoms with van der Waals surface area (Å²) in [6.45, 7) is 2.24. The fourth-order valence-corrected chi connectivity index (χ4v) is 3.33. The first kappa shape index (κ1) is 28.0. The smallest absolute Gasteiger partial charge is 1.00 e. The predicted octanol–water partition coefficient (Wildman–Crippen LogP) is 3.95. The molecule has 1 unspecified atom stereocenters. The third kappa shape index (κ3) is 19.4. The Morgan fingerprint density at radius 2 is 1.64 bits per heavy atom. The van der Waals surface area contributed by atoms with Crippen LogP contribution >= 0.6 is 0 Å². The van der Waals surface area contributed by atoms with Crippen LogP contribution in [0.2, 0.25) is 0 Å². The number of unbranched alkanes of at least 4 members (excludes halogenated alkanes) is 7. The summed E-state index contributed by atoms with van der Waals surface area (Å²) in [6.07, 6.45) is 16.6. The summed E-state index contributed by atoms with van der Waals surface area (Å²) in [5.74, 6) is 0.635. The van der Waals surface area contributed by atoms with Crippen molar-refractivity contribution in [3.63, 3.8) is 0 Å². The van der Waals surface area contributed by atoms with Gasteiger partial charge in [0.2, 0.25) is 0 Å². The van der Waals surface area contributed by atoms with Crippen molar-refractivity contribution in [1.82, 2.24) is 0 Å². The van der Waals surface area contributed by atoms with Crippen molar-refractivity contribution in [2.75, 3.05) is 12.3 Å². The van der Waals surface area contributed by atoms with Crippen LogP contribution in [0.15, 0.2) is 0 Å². The minimum absolute atomic E-state index is 0. The first-order valence-electron chi connectivity index (χ1n) is 9.58. The molecule has 1 rings (SSSR count). The van der Waals surface area contributed by atoms with Crippen molar-refractivity contribution in [3.8, 4) is 0 Å². The van der Waals surface area contributed by atoms with Crippen molar-refractivity contribution in [3.05, 3.63) is 0 Å². The Bertz CT molecular complexity index is 426. The van der Waals surface area contributed by atoms with Gasteiger partial charge in [0.05, 0.1) is 5.75 Å². The summed E-state index contributed by atoms with van der Waals surface area (Å²) in [4.78, 5) is 11.6. The molecule has 3 N–H and O–H groups in total. The Labute approximate surface area is 187 Å². The number of nitrogens with two attached hydrogens (primary N) is 1. The third-order valence-electron chi connectivity index (χ3n) is 4.46. The SMILES string of the molecule is CCCCCCCCCCC1CCCCC1=O.NCCS(=O)(=O)O.[Ca+2].[H-].[H-]. The molecular weight excluding hydrogens is 366 g/mol. The molecule has 0 aromatic carbocycles. The van der Waals surface area contributed by atoms with E-state index in [1.165, 1.54) is 70.6 Å². The monoisotopic (exact) mass is 405 g/mol. The molecule has 0 saturated heterocycles. The second-order valence-electron chi connectivity index (χ2n) is 6.75. The van der Waals surface area contributed by atoms with E-state index in [1.54, 1.807) is 0 Å². The van der Waals surface area contributed by atoms with Gasteiger partial charge in [-0.1, -0.05) is 64.7 Å². The molecule has 5 nitrogen and oxygen atoms in total. The number of carbonyl (C=O) groups excluding carboxylic acids is 1. The maximum Gasteiger partial charge on any atom is 2.00 e. The Kier molecular flexibility index (Phi) is 20.4. The minimum atomic E-state index is -3.80. The van der Waals surface area contributed by atoms with Gasteiger partial charge in [-0.25, -0.2) is 0 Å². The van der Waals surface area contributed by atoms with E-state index in [4.69, 9.17) is 10.3 Å². The molecule has 148 valence electrons. The number of carbonyl (C=O) groups is 1. The number of hydrogen-bond donors (Lipinski definition) is 2. The Morgan fingerprint density at radius 3 is 2.08 bits per heavy atom. The molecule has 0 aliphatic heterocycles. The summed E-state index contributed by atoms with van der Waals surface area (Å²) in [5, 5.41) is 0. The number of rotatable bonds is 11. The second kappa shape index (κ2) is 18.2. The fraction of sp³-hybridized carbons (Fsp3) is 0.944. The average Bonchev–Trinajstić information content (AvgIpc) is 2.51. The predicted molar refractivity (Wildman–Crippen MR) is 108 cm³/mol. The van der Waals surface area contributed by atoms with Crippen LogP contribution in [0.4, 0.5) is 0 Å². The molecule has 1 saturated carbocycles. The largest absolute Gasteiger partial charge is 2.00 e. The van der Waals surface area contributed by atoms with Gasteiger partial charge in [-0.15, -0.1) is 0 Å². The van der Waals surface area contributed by atoms with Gasteiger partial charge >= 0.3 is 37.7 Å². The Balaban J connectivity index is -0.000000230. The molecule has 1 fully saturated rings. The summed E-state index contributed by atoms with van der Waals surface area (Å²) >= 11 is 0. The molecule has 0 bridgehead atoms. The summed E-state index contributed by atoms with van der Waals surface area (Å²) in [5.41, 5.74) is 4.78. The standard InChI is InChI=1S/C16H30O.C2H7NO3S.Ca.2H/c1-2-3-4-5-6-7-8-9-12-15-13-10-11-14-16(15)17;3-1-2-7(4,5)6;;;/h15H,2-14H2,1H3;1-3H2,(H,4,5,6);;;/q;;+2;2*-1. The first-order valence-corrected chi connectivity index (χ1v) is 11.2. The zero-order valence-electron chi connectivity index (χ0n) is 18.0. The second-order valence-corrected chi connectivity index (χ2v) is 8.32. The van der Waals surface area contributed by atoms with Crippen molar-refractivity contribution in [1.29, 1.82) is 0 Å². The summed E-state index contributed by atoms with van der Waals surface area (Å²) in [6, 6.07) is 0. The maximum atomic E-state index is 11.6. The number of hydrogen-bond acceptors (Lipinski definition) is 4. The van der Waals surface area contributed by atoms with Gasteiger partial charge < -0.3 is 8.59 Å². The quantitative estimate of drug-likeness (QED) is 0.308. The van der Waals surface area contributed by atoms with Crippen LogP contribution in [-0.4, -0.2) is 68.8 Å². The fourth-order valence-electron chi connectivity index (χ4n) is 3.03. The molecule has 0 amide bonds. The molecule has 1 aliphatic rings. The van der Waals surface area contributed by atoms with Gasteiger partial charge in [0.15, 0.2) is 0 Å². The van der Waals surface area contributed by atoms with Gasteiger partial charge in [-0.2, -0.15) is 8.42 Å². The van der Waals surface area contributed by atoms with Crippen LogP contribution in [-0.2, 0) is 14.9 Å². The number of Topliss-reactive ketones (excluding diaryl/α,β-unsaturated/α-hetero) is 1. The van der Waals surface area contributed by atoms with E-state index in [2.05, 4.69) is 6.92 Å². The Morgan fingerprint density at radius 1 is 1.08 bits per heavy atom. The molecule has 0 heterocycles. The van der Waals surface area contributed by atoms with Crippen molar-refractivity contribution in [2.45, 2.75) is 90.4 Å². The first-order chi connectivity index (χ1) is 11.4. The molecule has 7 heteroatoms. The van der Waals surface area contributed by atoms with Gasteiger partial charge in [-0.05, 0) is 19.3 Å². The number of ketones is 1. The van der Waals surface area contributed by atoms with E-state index in [0.29, 0.717) is 11.7 Å². The summed E-state index contributed by atoms with van der Waals surface area (Å²) < 4.78 is 27.3. The van der Waals surface area contributed by atoms with E-state index in [-0.39, 0.29) is 52.9 Å². The van der Waals surface area contributed by atoms with E-state index >= 15 is 0 Å². The van der Waals surface area contributed by atoms with Crippen molar-refractivity contribution >= 4 is 53.6 Å².